The molecule has 0 spiro atoms. The van der Waals surface area contributed by atoms with Crippen molar-refractivity contribution in [1.82, 2.24) is 0 Å². The number of rotatable bonds is 5. The largest absolute Gasteiger partial charge is 0.485 e. The lowest BCUT2D eigenvalue weighted by Crippen LogP contribution is -2.40. The molecule has 6 atom stereocenters. The summed E-state index contributed by atoms with van der Waals surface area (Å²) >= 11 is 0. The predicted molar refractivity (Wildman–Crippen MR) is 115 cm³/mol. The molecule has 5 aliphatic rings. The Balaban J connectivity index is 1.12. The van der Waals surface area contributed by atoms with E-state index in [0.29, 0.717) is 23.3 Å². The van der Waals surface area contributed by atoms with Crippen molar-refractivity contribution in [2.75, 3.05) is 11.5 Å². The summed E-state index contributed by atoms with van der Waals surface area (Å²) in [6.07, 6.45) is 0.887. The number of Topliss-reactive ketones (excluding diaryl/α,β-unsaturated/α-hetero) is 1. The first-order valence-corrected chi connectivity index (χ1v) is 11.2. The molecule has 2 aromatic carbocycles. The van der Waals surface area contributed by atoms with Crippen LogP contribution >= 0.6 is 0 Å². The summed E-state index contributed by atoms with van der Waals surface area (Å²) < 4.78 is 43.5. The number of ether oxygens (including phenoxy) is 1. The van der Waals surface area contributed by atoms with E-state index < -0.39 is 17.5 Å². The third-order valence-electron chi connectivity index (χ3n) is 7.66. The average Bonchev–Trinajstić information content (AvgIpc) is 3.61. The number of benzene rings is 2. The van der Waals surface area contributed by atoms with Crippen LogP contribution in [0.3, 0.4) is 0 Å². The molecule has 2 unspecified atom stereocenters. The number of halogens is 3. The molecule has 8 heteroatoms. The zero-order valence-corrected chi connectivity index (χ0v) is 17.9. The minimum absolute atomic E-state index is 0.113. The van der Waals surface area contributed by atoms with Crippen molar-refractivity contribution in [1.29, 1.82) is 0 Å². The van der Waals surface area contributed by atoms with Gasteiger partial charge in [0.05, 0.1) is 23.1 Å². The molecule has 3 fully saturated rings. The van der Waals surface area contributed by atoms with Crippen molar-refractivity contribution < 1.29 is 32.3 Å². The molecule has 7 rings (SSSR count). The van der Waals surface area contributed by atoms with Gasteiger partial charge >= 0.3 is 6.18 Å². The minimum atomic E-state index is -4.47. The normalized spacial score (nSPS) is 30.9. The molecule has 4 aliphatic carbocycles. The van der Waals surface area contributed by atoms with E-state index >= 15 is 0 Å². The highest BCUT2D eigenvalue weighted by Crippen LogP contribution is 2.65. The monoisotopic (exact) mass is 467 g/mol. The van der Waals surface area contributed by atoms with Crippen molar-refractivity contribution in [3.8, 4) is 5.75 Å². The zero-order chi connectivity index (χ0) is 23.8. The van der Waals surface area contributed by atoms with Gasteiger partial charge in [-0.1, -0.05) is 24.3 Å². The first-order chi connectivity index (χ1) is 16.2. The standard InChI is InChI=1S/C26H20F3NO4/c27-26(28,29)14-3-1-13(2-4-14)21(31)12-34-16-7-5-15(6-8-16)30-24(32)22-17-9-10-18(20-11-19(17)20)23(22)25(30)33/h1-10,17-20,22-23H,11-12H2/t17-,18+,19?,20?,22-,23+. The number of alkyl halides is 3. The Bertz CT molecular complexity index is 1180. The van der Waals surface area contributed by atoms with Crippen molar-refractivity contribution in [3.63, 3.8) is 0 Å². The Morgan fingerprint density at radius 1 is 0.882 bits per heavy atom. The Morgan fingerprint density at radius 2 is 1.44 bits per heavy atom. The number of carbonyl (C=O) groups is 3. The summed E-state index contributed by atoms with van der Waals surface area (Å²) in [6, 6.07) is 10.3. The maximum Gasteiger partial charge on any atom is 0.416 e. The van der Waals surface area contributed by atoms with Crippen LogP contribution in [-0.4, -0.2) is 24.2 Å². The molecule has 174 valence electrons. The van der Waals surface area contributed by atoms with Gasteiger partial charge in [0.2, 0.25) is 11.8 Å². The summed E-state index contributed by atoms with van der Waals surface area (Å²) in [7, 11) is 0. The number of carbonyl (C=O) groups excluding carboxylic acids is 3. The third-order valence-corrected chi connectivity index (χ3v) is 7.66. The molecule has 0 aromatic heterocycles. The fourth-order valence-corrected chi connectivity index (χ4v) is 5.98. The van der Waals surface area contributed by atoms with Crippen molar-refractivity contribution in [2.24, 2.45) is 35.5 Å². The quantitative estimate of drug-likeness (QED) is 0.369. The van der Waals surface area contributed by atoms with E-state index in [1.54, 1.807) is 24.3 Å². The third kappa shape index (κ3) is 3.19. The summed E-state index contributed by atoms with van der Waals surface area (Å²) in [5.41, 5.74) is -0.243. The number of anilines is 1. The second-order valence-electron chi connectivity index (χ2n) is 9.45. The summed E-state index contributed by atoms with van der Waals surface area (Å²) in [6.45, 7) is -0.353. The van der Waals surface area contributed by atoms with E-state index in [1.165, 1.54) is 4.90 Å². The van der Waals surface area contributed by atoms with Crippen LogP contribution in [0.4, 0.5) is 18.9 Å². The SMILES string of the molecule is O=C(COc1ccc(N2C(=O)[C@@H]3[C@H](C2=O)[C@@H]2C=C[C@H]3C3CC32)cc1)c1ccc(C(F)(F)F)cc1. The molecule has 34 heavy (non-hydrogen) atoms. The Hall–Kier alpha value is -3.42. The van der Waals surface area contributed by atoms with Crippen LogP contribution in [0.1, 0.15) is 22.3 Å². The lowest BCUT2D eigenvalue weighted by atomic mass is 9.63. The molecule has 2 aromatic rings. The van der Waals surface area contributed by atoms with Crippen LogP contribution in [0.25, 0.3) is 0 Å². The number of ketones is 1. The molecule has 2 amide bonds. The Morgan fingerprint density at radius 3 is 1.97 bits per heavy atom. The van der Waals surface area contributed by atoms with E-state index in [4.69, 9.17) is 4.74 Å². The summed E-state index contributed by atoms with van der Waals surface area (Å²) in [4.78, 5) is 39.9. The van der Waals surface area contributed by atoms with Gasteiger partial charge in [-0.2, -0.15) is 13.2 Å². The lowest BCUT2D eigenvalue weighted by Gasteiger charge is -2.37. The molecule has 2 saturated carbocycles. The molecule has 0 radical (unpaired) electrons. The van der Waals surface area contributed by atoms with Gasteiger partial charge in [0.25, 0.3) is 0 Å². The number of allylic oxidation sites excluding steroid dienone is 2. The van der Waals surface area contributed by atoms with Gasteiger partial charge in [-0.25, -0.2) is 0 Å². The van der Waals surface area contributed by atoms with Crippen LogP contribution in [0, 0.1) is 35.5 Å². The highest BCUT2D eigenvalue weighted by atomic mass is 19.4. The summed E-state index contributed by atoms with van der Waals surface area (Å²) in [5, 5.41) is 0. The van der Waals surface area contributed by atoms with E-state index in [9.17, 15) is 27.6 Å². The molecule has 1 saturated heterocycles. The zero-order valence-electron chi connectivity index (χ0n) is 17.9. The number of hydrogen-bond donors (Lipinski definition) is 0. The minimum Gasteiger partial charge on any atom is -0.485 e. The summed E-state index contributed by atoms with van der Waals surface area (Å²) in [5.74, 6) is 0.415. The van der Waals surface area contributed by atoms with Gasteiger partial charge < -0.3 is 4.74 Å². The van der Waals surface area contributed by atoms with Gasteiger partial charge in [-0.05, 0) is 66.5 Å². The molecular formula is C26H20F3NO4. The predicted octanol–water partition coefficient (Wildman–Crippen LogP) is 4.52. The van der Waals surface area contributed by atoms with E-state index in [1.807, 2.05) is 0 Å². The van der Waals surface area contributed by atoms with Crippen LogP contribution in [0.15, 0.2) is 60.7 Å². The second-order valence-corrected chi connectivity index (χ2v) is 9.45. The average molecular weight is 467 g/mol. The molecule has 5 nitrogen and oxygen atoms in total. The molecule has 0 N–H and O–H groups in total. The van der Waals surface area contributed by atoms with Gasteiger partial charge in [-0.15, -0.1) is 0 Å². The van der Waals surface area contributed by atoms with Gasteiger partial charge in [0.1, 0.15) is 5.75 Å². The van der Waals surface area contributed by atoms with Crippen LogP contribution in [-0.2, 0) is 15.8 Å². The van der Waals surface area contributed by atoms with Crippen molar-refractivity contribution >= 4 is 23.3 Å². The van der Waals surface area contributed by atoms with Crippen LogP contribution < -0.4 is 9.64 Å². The van der Waals surface area contributed by atoms with Gasteiger partial charge in [0.15, 0.2) is 12.4 Å². The highest BCUT2D eigenvalue weighted by Gasteiger charge is 2.67. The van der Waals surface area contributed by atoms with Gasteiger partial charge in [-0.3, -0.25) is 19.3 Å². The highest BCUT2D eigenvalue weighted by molar-refractivity contribution is 6.22. The lowest BCUT2D eigenvalue weighted by molar-refractivity contribution is -0.137. The van der Waals surface area contributed by atoms with Crippen molar-refractivity contribution in [2.45, 2.75) is 12.6 Å². The van der Waals surface area contributed by atoms with Gasteiger partial charge in [0, 0.05) is 5.56 Å². The van der Waals surface area contributed by atoms with E-state index in [0.717, 1.165) is 30.7 Å². The maximum absolute atomic E-state index is 13.2. The maximum atomic E-state index is 13.2. The Kier molecular flexibility index (Phi) is 4.53. The topological polar surface area (TPSA) is 63.7 Å². The first kappa shape index (κ1) is 21.1. The molecule has 1 aliphatic heterocycles. The Labute approximate surface area is 193 Å². The molecular weight excluding hydrogens is 447 g/mol. The number of nitrogens with zero attached hydrogens (tertiary/aromatic N) is 1. The molecule has 1 heterocycles. The number of imide groups is 1. The number of amides is 2. The fourth-order valence-electron chi connectivity index (χ4n) is 5.98. The smallest absolute Gasteiger partial charge is 0.416 e. The number of hydrogen-bond acceptors (Lipinski definition) is 4. The second kappa shape index (κ2) is 7.29. The fraction of sp³-hybridized carbons (Fsp3) is 0.346. The van der Waals surface area contributed by atoms with Crippen molar-refractivity contribution in [3.05, 3.63) is 71.8 Å². The molecule has 2 bridgehead atoms. The van der Waals surface area contributed by atoms with Crippen LogP contribution in [0.5, 0.6) is 5.75 Å². The van der Waals surface area contributed by atoms with E-state index in [-0.39, 0.29) is 47.7 Å². The van der Waals surface area contributed by atoms with Crippen LogP contribution in [0.2, 0.25) is 0 Å². The first-order valence-electron chi connectivity index (χ1n) is 11.2. The van der Waals surface area contributed by atoms with E-state index in [2.05, 4.69) is 12.2 Å².